The molecule has 0 aliphatic rings. The Morgan fingerprint density at radius 3 is 2.78 bits per heavy atom. The van der Waals surface area contributed by atoms with Crippen LogP contribution in [0.3, 0.4) is 0 Å². The molecule has 0 aliphatic carbocycles. The van der Waals surface area contributed by atoms with Gasteiger partial charge in [0, 0.05) is 4.88 Å². The second-order valence-electron chi connectivity index (χ2n) is 3.55. The van der Waals surface area contributed by atoms with Gasteiger partial charge in [0.15, 0.2) is 0 Å². The summed E-state index contributed by atoms with van der Waals surface area (Å²) in [5.74, 6) is -1.58. The largest absolute Gasteiger partial charge is 0.481 e. The van der Waals surface area contributed by atoms with Crippen molar-refractivity contribution in [2.45, 2.75) is 19.4 Å². The van der Waals surface area contributed by atoms with E-state index in [4.69, 9.17) is 5.11 Å². The standard InChI is InChI=1S/C11H13NO4S2/c1-7(11(16)18-6-10(14)15)12-9(13)5-8-3-2-4-17-8/h2-4,7H,5-6H2,1H3,(H,12,13)(H,14,15)/t7-/m0/s1. The number of amides is 1. The van der Waals surface area contributed by atoms with Crippen molar-refractivity contribution in [2.75, 3.05) is 5.75 Å². The molecular weight excluding hydrogens is 274 g/mol. The van der Waals surface area contributed by atoms with Crippen molar-refractivity contribution in [1.82, 2.24) is 5.32 Å². The Hall–Kier alpha value is -1.34. The van der Waals surface area contributed by atoms with Gasteiger partial charge in [-0.25, -0.2) is 0 Å². The first kappa shape index (κ1) is 14.7. The fourth-order valence-electron chi connectivity index (χ4n) is 1.18. The van der Waals surface area contributed by atoms with Crippen LogP contribution in [0.25, 0.3) is 0 Å². The number of aliphatic carboxylic acids is 1. The minimum atomic E-state index is -1.05. The molecule has 0 saturated heterocycles. The number of carbonyl (C=O) groups excluding carboxylic acids is 2. The van der Waals surface area contributed by atoms with Gasteiger partial charge >= 0.3 is 5.97 Å². The minimum absolute atomic E-state index is 0.235. The van der Waals surface area contributed by atoms with Crippen LogP contribution in [-0.4, -0.2) is 33.9 Å². The Morgan fingerprint density at radius 2 is 2.22 bits per heavy atom. The summed E-state index contributed by atoms with van der Waals surface area (Å²) >= 11 is 2.16. The number of hydrogen-bond acceptors (Lipinski definition) is 5. The van der Waals surface area contributed by atoms with Gasteiger partial charge in [0.05, 0.1) is 18.2 Å². The number of carboxylic acid groups (broad SMARTS) is 1. The first-order valence-electron chi connectivity index (χ1n) is 5.19. The zero-order valence-corrected chi connectivity index (χ0v) is 11.3. The van der Waals surface area contributed by atoms with E-state index in [1.807, 2.05) is 17.5 Å². The summed E-state index contributed by atoms with van der Waals surface area (Å²) in [5, 5.41) is 12.5. The molecule has 0 bridgehead atoms. The third kappa shape index (κ3) is 5.33. The molecular formula is C11H13NO4S2. The normalized spacial score (nSPS) is 11.8. The van der Waals surface area contributed by atoms with Crippen LogP contribution in [0.4, 0.5) is 0 Å². The van der Waals surface area contributed by atoms with Crippen molar-refractivity contribution < 1.29 is 19.5 Å². The van der Waals surface area contributed by atoms with E-state index in [0.29, 0.717) is 11.8 Å². The predicted octanol–water partition coefficient (Wildman–Crippen LogP) is 1.14. The lowest BCUT2D eigenvalue weighted by Gasteiger charge is -2.11. The number of hydrogen-bond donors (Lipinski definition) is 2. The van der Waals surface area contributed by atoms with Gasteiger partial charge in [0.1, 0.15) is 0 Å². The van der Waals surface area contributed by atoms with Crippen molar-refractivity contribution in [2.24, 2.45) is 0 Å². The first-order chi connectivity index (χ1) is 8.49. The number of nitrogens with one attached hydrogen (secondary N) is 1. The number of rotatable bonds is 6. The highest BCUT2D eigenvalue weighted by Gasteiger charge is 2.17. The molecule has 0 fully saturated rings. The zero-order chi connectivity index (χ0) is 13.5. The summed E-state index contributed by atoms with van der Waals surface area (Å²) in [4.78, 5) is 34.3. The summed E-state index contributed by atoms with van der Waals surface area (Å²) in [6.07, 6.45) is 0.235. The van der Waals surface area contributed by atoms with Crippen LogP contribution in [0, 0.1) is 0 Å². The Balaban J connectivity index is 2.34. The Kier molecular flexibility index (Phi) is 5.87. The molecule has 0 spiro atoms. The third-order valence-electron chi connectivity index (χ3n) is 1.98. The van der Waals surface area contributed by atoms with Crippen LogP contribution in [-0.2, 0) is 20.8 Å². The van der Waals surface area contributed by atoms with Gasteiger partial charge in [-0.2, -0.15) is 0 Å². The molecule has 0 unspecified atom stereocenters. The number of thiophene rings is 1. The van der Waals surface area contributed by atoms with E-state index in [2.05, 4.69) is 5.32 Å². The molecule has 0 radical (unpaired) electrons. The highest BCUT2D eigenvalue weighted by atomic mass is 32.2. The molecule has 5 nitrogen and oxygen atoms in total. The van der Waals surface area contributed by atoms with Crippen molar-refractivity contribution in [3.63, 3.8) is 0 Å². The number of carboxylic acids is 1. The smallest absolute Gasteiger partial charge is 0.313 e. The lowest BCUT2D eigenvalue weighted by molar-refractivity contribution is -0.134. The lowest BCUT2D eigenvalue weighted by atomic mass is 10.3. The van der Waals surface area contributed by atoms with Gasteiger partial charge in [0.2, 0.25) is 11.0 Å². The van der Waals surface area contributed by atoms with Gasteiger partial charge in [0.25, 0.3) is 0 Å². The fourth-order valence-corrected chi connectivity index (χ4v) is 2.46. The molecule has 1 atom stereocenters. The highest BCUT2D eigenvalue weighted by Crippen LogP contribution is 2.10. The van der Waals surface area contributed by atoms with Crippen LogP contribution < -0.4 is 5.32 Å². The Morgan fingerprint density at radius 1 is 1.50 bits per heavy atom. The lowest BCUT2D eigenvalue weighted by Crippen LogP contribution is -2.38. The van der Waals surface area contributed by atoms with E-state index >= 15 is 0 Å². The molecule has 0 saturated carbocycles. The maximum Gasteiger partial charge on any atom is 0.313 e. The molecule has 1 aromatic rings. The maximum atomic E-state index is 11.6. The van der Waals surface area contributed by atoms with Crippen molar-refractivity contribution in [3.05, 3.63) is 22.4 Å². The molecule has 1 heterocycles. The van der Waals surface area contributed by atoms with Crippen LogP contribution in [0.15, 0.2) is 17.5 Å². The average molecular weight is 287 g/mol. The second-order valence-corrected chi connectivity index (χ2v) is 5.56. The molecule has 7 heteroatoms. The summed E-state index contributed by atoms with van der Waals surface area (Å²) in [6.45, 7) is 1.55. The van der Waals surface area contributed by atoms with Crippen molar-refractivity contribution in [3.8, 4) is 0 Å². The Labute approximate surface area is 113 Å². The monoisotopic (exact) mass is 287 g/mol. The predicted molar refractivity (Wildman–Crippen MR) is 70.7 cm³/mol. The van der Waals surface area contributed by atoms with Crippen LogP contribution in [0.2, 0.25) is 0 Å². The van der Waals surface area contributed by atoms with Crippen molar-refractivity contribution in [1.29, 1.82) is 0 Å². The third-order valence-corrected chi connectivity index (χ3v) is 3.89. The Bertz CT molecular complexity index is 430. The van der Waals surface area contributed by atoms with E-state index in [0.717, 1.165) is 4.88 Å². The molecule has 18 heavy (non-hydrogen) atoms. The van der Waals surface area contributed by atoms with Crippen LogP contribution in [0.1, 0.15) is 11.8 Å². The average Bonchev–Trinajstić information content (AvgIpc) is 2.78. The van der Waals surface area contributed by atoms with Gasteiger partial charge < -0.3 is 10.4 Å². The van der Waals surface area contributed by atoms with Crippen LogP contribution >= 0.6 is 23.1 Å². The van der Waals surface area contributed by atoms with E-state index in [9.17, 15) is 14.4 Å². The van der Waals surface area contributed by atoms with Gasteiger partial charge in [-0.1, -0.05) is 17.8 Å². The summed E-state index contributed by atoms with van der Waals surface area (Å²) in [6, 6.07) is 3.02. The first-order valence-corrected chi connectivity index (χ1v) is 7.05. The summed E-state index contributed by atoms with van der Waals surface area (Å²) in [7, 11) is 0. The van der Waals surface area contributed by atoms with E-state index in [1.165, 1.54) is 11.3 Å². The topological polar surface area (TPSA) is 83.5 Å². The fraction of sp³-hybridized carbons (Fsp3) is 0.364. The quantitative estimate of drug-likeness (QED) is 0.819. The number of thioether (sulfide) groups is 1. The minimum Gasteiger partial charge on any atom is -0.481 e. The number of carbonyl (C=O) groups is 3. The van der Waals surface area contributed by atoms with Gasteiger partial charge in [-0.15, -0.1) is 11.3 Å². The van der Waals surface area contributed by atoms with E-state index in [1.54, 1.807) is 6.92 Å². The van der Waals surface area contributed by atoms with E-state index < -0.39 is 12.0 Å². The molecule has 98 valence electrons. The van der Waals surface area contributed by atoms with E-state index in [-0.39, 0.29) is 23.2 Å². The van der Waals surface area contributed by atoms with Gasteiger partial charge in [-0.3, -0.25) is 14.4 Å². The molecule has 2 N–H and O–H groups in total. The summed E-state index contributed by atoms with van der Waals surface area (Å²) < 4.78 is 0. The molecule has 0 aromatic carbocycles. The highest BCUT2D eigenvalue weighted by molar-refractivity contribution is 8.14. The SMILES string of the molecule is C[C@H](NC(=O)Cc1cccs1)C(=O)SCC(=O)O. The van der Waals surface area contributed by atoms with Crippen LogP contribution in [0.5, 0.6) is 0 Å². The van der Waals surface area contributed by atoms with Crippen molar-refractivity contribution >= 4 is 40.1 Å². The molecule has 1 amide bonds. The molecule has 0 aliphatic heterocycles. The molecule has 1 rings (SSSR count). The maximum absolute atomic E-state index is 11.6. The summed E-state index contributed by atoms with van der Waals surface area (Å²) in [5.41, 5.74) is 0. The molecule has 1 aromatic heterocycles. The zero-order valence-electron chi connectivity index (χ0n) is 9.71. The second kappa shape index (κ2) is 7.17. The van der Waals surface area contributed by atoms with Gasteiger partial charge in [-0.05, 0) is 18.4 Å².